The molecule has 106 valence electrons. The number of hydrogen-bond donors (Lipinski definition) is 1. The quantitative estimate of drug-likeness (QED) is 0.919. The molecule has 0 radical (unpaired) electrons. The summed E-state index contributed by atoms with van der Waals surface area (Å²) in [6, 6.07) is 8.32. The highest BCUT2D eigenvalue weighted by Crippen LogP contribution is 2.33. The first-order valence-corrected chi connectivity index (χ1v) is 8.76. The summed E-state index contributed by atoms with van der Waals surface area (Å²) in [5, 5.41) is 3.22. The SMILES string of the molecule is CNCC(c1ccccc1C)C1CCCS(=O)(=O)C1. The van der Waals surface area contributed by atoms with Gasteiger partial charge in [0.2, 0.25) is 0 Å². The van der Waals surface area contributed by atoms with Crippen molar-refractivity contribution in [2.24, 2.45) is 5.92 Å². The maximum atomic E-state index is 11.9. The lowest BCUT2D eigenvalue weighted by Crippen LogP contribution is -2.33. The van der Waals surface area contributed by atoms with Gasteiger partial charge in [0.1, 0.15) is 0 Å². The molecule has 0 bridgehead atoms. The molecule has 0 aromatic heterocycles. The summed E-state index contributed by atoms with van der Waals surface area (Å²) in [4.78, 5) is 0. The van der Waals surface area contributed by atoms with Crippen molar-refractivity contribution in [3.05, 3.63) is 35.4 Å². The number of aryl methyl sites for hydroxylation is 1. The van der Waals surface area contributed by atoms with Crippen molar-refractivity contribution in [2.45, 2.75) is 25.7 Å². The normalized spacial score (nSPS) is 24.0. The van der Waals surface area contributed by atoms with Crippen molar-refractivity contribution in [3.63, 3.8) is 0 Å². The van der Waals surface area contributed by atoms with Gasteiger partial charge in [0.15, 0.2) is 9.84 Å². The van der Waals surface area contributed by atoms with Crippen LogP contribution in [0.2, 0.25) is 0 Å². The van der Waals surface area contributed by atoms with Crippen LogP contribution in [0.25, 0.3) is 0 Å². The number of nitrogens with one attached hydrogen (secondary N) is 1. The van der Waals surface area contributed by atoms with E-state index in [1.807, 2.05) is 19.2 Å². The molecule has 0 aliphatic carbocycles. The summed E-state index contributed by atoms with van der Waals surface area (Å²) in [5.41, 5.74) is 2.55. The second kappa shape index (κ2) is 6.06. The Hall–Kier alpha value is -0.870. The molecule has 19 heavy (non-hydrogen) atoms. The molecule has 3 nitrogen and oxygen atoms in total. The predicted octanol–water partition coefficient (Wildman–Crippen LogP) is 2.12. The molecule has 0 amide bonds. The lowest BCUT2D eigenvalue weighted by Gasteiger charge is -2.31. The van der Waals surface area contributed by atoms with Gasteiger partial charge in [-0.1, -0.05) is 24.3 Å². The molecule has 1 aromatic rings. The number of rotatable bonds is 4. The van der Waals surface area contributed by atoms with Crippen LogP contribution < -0.4 is 5.32 Å². The van der Waals surface area contributed by atoms with Gasteiger partial charge in [0, 0.05) is 12.5 Å². The zero-order valence-corrected chi connectivity index (χ0v) is 12.5. The van der Waals surface area contributed by atoms with Crippen LogP contribution in [0.1, 0.15) is 29.9 Å². The molecule has 1 heterocycles. The van der Waals surface area contributed by atoms with Gasteiger partial charge in [-0.25, -0.2) is 8.42 Å². The Morgan fingerprint density at radius 3 is 2.74 bits per heavy atom. The van der Waals surface area contributed by atoms with Crippen LogP contribution in [-0.2, 0) is 9.84 Å². The van der Waals surface area contributed by atoms with E-state index in [0.29, 0.717) is 17.4 Å². The zero-order chi connectivity index (χ0) is 13.9. The molecule has 1 fully saturated rings. The van der Waals surface area contributed by atoms with E-state index >= 15 is 0 Å². The van der Waals surface area contributed by atoms with Gasteiger partial charge in [-0.3, -0.25) is 0 Å². The number of sulfone groups is 1. The molecule has 1 aromatic carbocycles. The summed E-state index contributed by atoms with van der Waals surface area (Å²) < 4.78 is 23.7. The van der Waals surface area contributed by atoms with Crippen LogP contribution in [0.4, 0.5) is 0 Å². The van der Waals surface area contributed by atoms with Crippen LogP contribution in [-0.4, -0.2) is 33.5 Å². The maximum Gasteiger partial charge on any atom is 0.150 e. The molecule has 4 heteroatoms. The summed E-state index contributed by atoms with van der Waals surface area (Å²) in [6.45, 7) is 2.94. The molecule has 2 unspecified atom stereocenters. The third-order valence-electron chi connectivity index (χ3n) is 4.08. The van der Waals surface area contributed by atoms with E-state index in [-0.39, 0.29) is 5.92 Å². The standard InChI is InChI=1S/C15H23NO2S/c1-12-6-3-4-8-14(12)15(10-16-2)13-7-5-9-19(17,18)11-13/h3-4,6,8,13,15-16H,5,7,9-11H2,1-2H3. The molecule has 2 rings (SSSR count). The van der Waals surface area contributed by atoms with Crippen molar-refractivity contribution < 1.29 is 8.42 Å². The highest BCUT2D eigenvalue weighted by atomic mass is 32.2. The summed E-state index contributed by atoms with van der Waals surface area (Å²) >= 11 is 0. The Balaban J connectivity index is 2.28. The molecular weight excluding hydrogens is 258 g/mol. The van der Waals surface area contributed by atoms with Gasteiger partial charge in [-0.05, 0) is 43.9 Å². The molecule has 2 atom stereocenters. The van der Waals surface area contributed by atoms with Crippen molar-refractivity contribution in [2.75, 3.05) is 25.1 Å². The first-order valence-electron chi connectivity index (χ1n) is 6.94. The summed E-state index contributed by atoms with van der Waals surface area (Å²) in [7, 11) is -0.911. The first-order chi connectivity index (χ1) is 9.03. The van der Waals surface area contributed by atoms with Crippen molar-refractivity contribution in [3.8, 4) is 0 Å². The van der Waals surface area contributed by atoms with E-state index in [2.05, 4.69) is 24.4 Å². The summed E-state index contributed by atoms with van der Waals surface area (Å²) in [5.74, 6) is 1.24. The predicted molar refractivity (Wildman–Crippen MR) is 79.2 cm³/mol. The monoisotopic (exact) mass is 281 g/mol. The van der Waals surface area contributed by atoms with E-state index < -0.39 is 9.84 Å². The van der Waals surface area contributed by atoms with Crippen LogP contribution in [0.3, 0.4) is 0 Å². The molecule has 1 N–H and O–H groups in total. The number of hydrogen-bond acceptors (Lipinski definition) is 3. The second-order valence-corrected chi connectivity index (χ2v) is 7.77. The minimum atomic E-state index is -2.84. The fourth-order valence-electron chi connectivity index (χ4n) is 3.13. The van der Waals surface area contributed by atoms with E-state index in [9.17, 15) is 8.42 Å². The molecule has 0 saturated carbocycles. The lowest BCUT2D eigenvalue weighted by molar-refractivity contribution is 0.397. The highest BCUT2D eigenvalue weighted by Gasteiger charge is 2.31. The largest absolute Gasteiger partial charge is 0.319 e. The van der Waals surface area contributed by atoms with Crippen molar-refractivity contribution in [1.82, 2.24) is 5.32 Å². The molecule has 1 saturated heterocycles. The molecular formula is C15H23NO2S. The van der Waals surface area contributed by atoms with E-state index in [4.69, 9.17) is 0 Å². The van der Waals surface area contributed by atoms with Gasteiger partial charge < -0.3 is 5.32 Å². The van der Waals surface area contributed by atoms with Gasteiger partial charge in [-0.2, -0.15) is 0 Å². The van der Waals surface area contributed by atoms with E-state index in [0.717, 1.165) is 19.4 Å². The zero-order valence-electron chi connectivity index (χ0n) is 11.7. The average molecular weight is 281 g/mol. The Kier molecular flexibility index (Phi) is 4.63. The topological polar surface area (TPSA) is 46.2 Å². The van der Waals surface area contributed by atoms with Crippen LogP contribution >= 0.6 is 0 Å². The highest BCUT2D eigenvalue weighted by molar-refractivity contribution is 7.91. The first kappa shape index (κ1) is 14.5. The molecule has 1 aliphatic rings. The number of likely N-dealkylation sites (N-methyl/N-ethyl adjacent to an activating group) is 1. The average Bonchev–Trinajstić information content (AvgIpc) is 2.36. The van der Waals surface area contributed by atoms with Gasteiger partial charge in [-0.15, -0.1) is 0 Å². The Morgan fingerprint density at radius 1 is 1.37 bits per heavy atom. The lowest BCUT2D eigenvalue weighted by atomic mass is 9.82. The smallest absolute Gasteiger partial charge is 0.150 e. The summed E-state index contributed by atoms with van der Waals surface area (Å²) in [6.07, 6.45) is 1.82. The minimum absolute atomic E-state index is 0.243. The van der Waals surface area contributed by atoms with E-state index in [1.165, 1.54) is 11.1 Å². The van der Waals surface area contributed by atoms with Crippen molar-refractivity contribution >= 4 is 9.84 Å². The van der Waals surface area contributed by atoms with E-state index in [1.54, 1.807) is 0 Å². The Morgan fingerprint density at radius 2 is 2.11 bits per heavy atom. The van der Waals surface area contributed by atoms with Crippen LogP contribution in [0, 0.1) is 12.8 Å². The van der Waals surface area contributed by atoms with Gasteiger partial charge in [0.05, 0.1) is 11.5 Å². The Bertz CT molecular complexity index is 525. The third-order valence-corrected chi connectivity index (χ3v) is 5.93. The maximum absolute atomic E-state index is 11.9. The third kappa shape index (κ3) is 3.57. The fraction of sp³-hybridized carbons (Fsp3) is 0.600. The van der Waals surface area contributed by atoms with Gasteiger partial charge >= 0.3 is 0 Å². The van der Waals surface area contributed by atoms with Crippen molar-refractivity contribution in [1.29, 1.82) is 0 Å². The minimum Gasteiger partial charge on any atom is -0.319 e. The van der Waals surface area contributed by atoms with Gasteiger partial charge in [0.25, 0.3) is 0 Å². The Labute approximate surface area is 116 Å². The molecule has 1 aliphatic heterocycles. The fourth-order valence-corrected chi connectivity index (χ4v) is 4.95. The van der Waals surface area contributed by atoms with Crippen LogP contribution in [0.15, 0.2) is 24.3 Å². The number of benzene rings is 1. The van der Waals surface area contributed by atoms with Crippen LogP contribution in [0.5, 0.6) is 0 Å². The molecule has 0 spiro atoms. The second-order valence-electron chi connectivity index (χ2n) is 5.54.